The van der Waals surface area contributed by atoms with Crippen LogP contribution in [-0.4, -0.2) is 12.6 Å². The van der Waals surface area contributed by atoms with Crippen molar-refractivity contribution in [2.24, 2.45) is 5.92 Å². The zero-order chi connectivity index (χ0) is 35.6. The Morgan fingerprint density at radius 3 is 1.14 bits per heavy atom. The van der Waals surface area contributed by atoms with E-state index in [1.807, 2.05) is 0 Å². The second kappa shape index (κ2) is 43.4. The van der Waals surface area contributed by atoms with Crippen molar-refractivity contribution < 1.29 is 9.53 Å². The SMILES string of the molecule is CCCCCC/C=C\CCCCCCCC(=O)OCCCCCCCCCCCCCCCCCCCCCCCCCCCC(C)CC. The largest absolute Gasteiger partial charge is 0.466 e. The zero-order valence-corrected chi connectivity index (χ0v) is 34.3. The number of esters is 1. The van der Waals surface area contributed by atoms with Crippen LogP contribution in [0.25, 0.3) is 0 Å². The number of carbonyl (C=O) groups excluding carboxylic acids is 1. The molecule has 0 aromatic heterocycles. The van der Waals surface area contributed by atoms with E-state index in [0.717, 1.165) is 25.2 Å². The van der Waals surface area contributed by atoms with Gasteiger partial charge in [0.15, 0.2) is 0 Å². The number of rotatable bonds is 42. The fourth-order valence-electron chi connectivity index (χ4n) is 7.11. The molecule has 0 heterocycles. The van der Waals surface area contributed by atoms with Gasteiger partial charge in [-0.2, -0.15) is 0 Å². The quantitative estimate of drug-likeness (QED) is 0.0362. The maximum atomic E-state index is 12.0. The van der Waals surface area contributed by atoms with E-state index < -0.39 is 0 Å². The van der Waals surface area contributed by atoms with Gasteiger partial charge in [-0.3, -0.25) is 4.79 Å². The second-order valence-electron chi connectivity index (χ2n) is 16.0. The topological polar surface area (TPSA) is 26.3 Å². The van der Waals surface area contributed by atoms with Crippen molar-refractivity contribution in [1.82, 2.24) is 0 Å². The van der Waals surface area contributed by atoms with Gasteiger partial charge in [0.05, 0.1) is 6.61 Å². The minimum Gasteiger partial charge on any atom is -0.466 e. The predicted molar refractivity (Wildman–Crippen MR) is 221 cm³/mol. The molecule has 0 bridgehead atoms. The summed E-state index contributed by atoms with van der Waals surface area (Å²) in [5.41, 5.74) is 0. The molecule has 49 heavy (non-hydrogen) atoms. The highest BCUT2D eigenvalue weighted by Gasteiger charge is 2.03. The fraction of sp³-hybridized carbons (Fsp3) is 0.936. The van der Waals surface area contributed by atoms with Crippen molar-refractivity contribution in [1.29, 1.82) is 0 Å². The molecule has 0 saturated carbocycles. The molecule has 2 nitrogen and oxygen atoms in total. The molecule has 0 aromatic rings. The van der Waals surface area contributed by atoms with E-state index in [1.165, 1.54) is 225 Å². The first-order valence-electron chi connectivity index (χ1n) is 23.0. The minimum atomic E-state index is 0.0193. The Morgan fingerprint density at radius 2 is 0.755 bits per heavy atom. The second-order valence-corrected chi connectivity index (χ2v) is 16.0. The monoisotopic (exact) mass is 689 g/mol. The third-order valence-corrected chi connectivity index (χ3v) is 10.9. The summed E-state index contributed by atoms with van der Waals surface area (Å²) in [6.07, 6.45) is 57.5. The Bertz CT molecular complexity index is 640. The maximum Gasteiger partial charge on any atom is 0.305 e. The summed E-state index contributed by atoms with van der Waals surface area (Å²) in [4.78, 5) is 12.0. The Labute approximate surface area is 310 Å². The van der Waals surface area contributed by atoms with Gasteiger partial charge in [-0.1, -0.05) is 238 Å². The highest BCUT2D eigenvalue weighted by atomic mass is 16.5. The molecule has 0 N–H and O–H groups in total. The molecule has 0 aromatic carbocycles. The van der Waals surface area contributed by atoms with Crippen LogP contribution in [0, 0.1) is 5.92 Å². The number of unbranched alkanes of at least 4 members (excludes halogenated alkanes) is 33. The van der Waals surface area contributed by atoms with Gasteiger partial charge in [0.2, 0.25) is 0 Å². The van der Waals surface area contributed by atoms with E-state index in [2.05, 4.69) is 32.9 Å². The van der Waals surface area contributed by atoms with Crippen LogP contribution in [0.4, 0.5) is 0 Å². The predicted octanol–water partition coefficient (Wildman–Crippen LogP) is 17.0. The lowest BCUT2D eigenvalue weighted by molar-refractivity contribution is -0.143. The van der Waals surface area contributed by atoms with Crippen molar-refractivity contribution in [3.05, 3.63) is 12.2 Å². The highest BCUT2D eigenvalue weighted by molar-refractivity contribution is 5.69. The van der Waals surface area contributed by atoms with Crippen LogP contribution in [0.3, 0.4) is 0 Å². The molecule has 0 spiro atoms. The van der Waals surface area contributed by atoms with Crippen molar-refractivity contribution >= 4 is 5.97 Å². The lowest BCUT2D eigenvalue weighted by Crippen LogP contribution is -2.05. The summed E-state index contributed by atoms with van der Waals surface area (Å²) in [6.45, 7) is 7.62. The van der Waals surface area contributed by atoms with Crippen molar-refractivity contribution in [2.75, 3.05) is 6.61 Å². The summed E-state index contributed by atoms with van der Waals surface area (Å²) in [5.74, 6) is 0.957. The number of hydrogen-bond acceptors (Lipinski definition) is 2. The molecule has 1 atom stereocenters. The Morgan fingerprint density at radius 1 is 0.429 bits per heavy atom. The molecule has 0 saturated heterocycles. The normalized spacial score (nSPS) is 12.3. The number of carbonyl (C=O) groups is 1. The van der Waals surface area contributed by atoms with Crippen LogP contribution in [0.1, 0.15) is 271 Å². The van der Waals surface area contributed by atoms with Crippen LogP contribution in [0.2, 0.25) is 0 Å². The van der Waals surface area contributed by atoms with Crippen molar-refractivity contribution in [3.63, 3.8) is 0 Å². The molecule has 0 radical (unpaired) electrons. The van der Waals surface area contributed by atoms with E-state index in [9.17, 15) is 4.79 Å². The molecule has 0 amide bonds. The molecule has 0 fully saturated rings. The summed E-state index contributed by atoms with van der Waals surface area (Å²) in [6, 6.07) is 0. The molecule has 292 valence electrons. The van der Waals surface area contributed by atoms with Gasteiger partial charge < -0.3 is 4.74 Å². The zero-order valence-electron chi connectivity index (χ0n) is 34.3. The van der Waals surface area contributed by atoms with E-state index in [0.29, 0.717) is 13.0 Å². The Kier molecular flexibility index (Phi) is 42.7. The standard InChI is InChI=1S/C47H92O2/c1-4-6-7-8-9-10-11-25-29-32-35-38-41-44-47(48)49-45-42-39-36-33-30-27-24-22-20-18-16-14-12-13-15-17-19-21-23-26-28-31-34-37-40-43-46(3)5-2/h10-11,46H,4-9,12-45H2,1-3H3/b11-10-. The first kappa shape index (κ1) is 48.2. The van der Waals surface area contributed by atoms with Crippen LogP contribution >= 0.6 is 0 Å². The smallest absolute Gasteiger partial charge is 0.305 e. The Balaban J connectivity index is 3.15. The van der Waals surface area contributed by atoms with Gasteiger partial charge in [-0.15, -0.1) is 0 Å². The molecule has 0 aliphatic heterocycles. The van der Waals surface area contributed by atoms with Crippen molar-refractivity contribution in [3.8, 4) is 0 Å². The molecular weight excluding hydrogens is 597 g/mol. The average molecular weight is 689 g/mol. The first-order valence-corrected chi connectivity index (χ1v) is 23.0. The van der Waals surface area contributed by atoms with Crippen LogP contribution in [0.15, 0.2) is 12.2 Å². The first-order chi connectivity index (χ1) is 24.2. The highest BCUT2D eigenvalue weighted by Crippen LogP contribution is 2.17. The molecule has 0 aliphatic rings. The Hall–Kier alpha value is -0.790. The fourth-order valence-corrected chi connectivity index (χ4v) is 7.11. The summed E-state index contributed by atoms with van der Waals surface area (Å²) < 4.78 is 5.46. The number of allylic oxidation sites excluding steroid dienone is 2. The van der Waals surface area contributed by atoms with Crippen LogP contribution in [0.5, 0.6) is 0 Å². The molecular formula is C47H92O2. The van der Waals surface area contributed by atoms with Gasteiger partial charge in [-0.05, 0) is 44.4 Å². The maximum absolute atomic E-state index is 12.0. The van der Waals surface area contributed by atoms with Crippen LogP contribution < -0.4 is 0 Å². The minimum absolute atomic E-state index is 0.0193. The van der Waals surface area contributed by atoms with Gasteiger partial charge in [0.1, 0.15) is 0 Å². The van der Waals surface area contributed by atoms with E-state index in [1.54, 1.807) is 0 Å². The molecule has 2 heteroatoms. The molecule has 1 unspecified atom stereocenters. The summed E-state index contributed by atoms with van der Waals surface area (Å²) >= 11 is 0. The lowest BCUT2D eigenvalue weighted by atomic mass is 9.99. The van der Waals surface area contributed by atoms with Crippen LogP contribution in [-0.2, 0) is 9.53 Å². The van der Waals surface area contributed by atoms with Gasteiger partial charge in [0.25, 0.3) is 0 Å². The molecule has 0 aliphatic carbocycles. The lowest BCUT2D eigenvalue weighted by Gasteiger charge is -2.07. The van der Waals surface area contributed by atoms with Gasteiger partial charge in [-0.25, -0.2) is 0 Å². The molecule has 0 rings (SSSR count). The average Bonchev–Trinajstić information content (AvgIpc) is 3.11. The third-order valence-electron chi connectivity index (χ3n) is 10.9. The van der Waals surface area contributed by atoms with E-state index >= 15 is 0 Å². The number of ether oxygens (including phenoxy) is 1. The van der Waals surface area contributed by atoms with E-state index in [-0.39, 0.29) is 5.97 Å². The van der Waals surface area contributed by atoms with Crippen molar-refractivity contribution in [2.45, 2.75) is 271 Å². The number of hydrogen-bond donors (Lipinski definition) is 0. The summed E-state index contributed by atoms with van der Waals surface area (Å²) in [5, 5.41) is 0. The van der Waals surface area contributed by atoms with Gasteiger partial charge in [0, 0.05) is 6.42 Å². The summed E-state index contributed by atoms with van der Waals surface area (Å²) in [7, 11) is 0. The third kappa shape index (κ3) is 43.3. The van der Waals surface area contributed by atoms with Gasteiger partial charge >= 0.3 is 5.97 Å². The van der Waals surface area contributed by atoms with E-state index in [4.69, 9.17) is 4.74 Å².